The molecule has 0 aromatic carbocycles. The van der Waals surface area contributed by atoms with E-state index in [0.717, 1.165) is 75.9 Å². The number of allylic oxidation sites excluding steroid dienone is 2. The van der Waals surface area contributed by atoms with Crippen molar-refractivity contribution in [2.45, 2.75) is 81.1 Å². The van der Waals surface area contributed by atoms with Crippen molar-refractivity contribution in [3.63, 3.8) is 0 Å². The van der Waals surface area contributed by atoms with Gasteiger partial charge in [0.25, 0.3) is 5.91 Å². The van der Waals surface area contributed by atoms with E-state index in [1.54, 1.807) is 7.11 Å². The number of H-pyrrole nitrogens is 2. The quantitative estimate of drug-likeness (QED) is 0.512. The van der Waals surface area contributed by atoms with Crippen LogP contribution in [-0.4, -0.2) is 34.6 Å². The molecule has 0 unspecified atom stereocenters. The highest BCUT2D eigenvalue weighted by Gasteiger charge is 2.22. The van der Waals surface area contributed by atoms with Gasteiger partial charge in [-0.25, -0.2) is 9.98 Å². The van der Waals surface area contributed by atoms with Gasteiger partial charge in [-0.2, -0.15) is 0 Å². The Labute approximate surface area is 225 Å². The number of ether oxygens (including phenoxy) is 1. The number of nitrogens with zero attached hydrogens (tertiary/aromatic N) is 2. The van der Waals surface area contributed by atoms with Crippen molar-refractivity contribution in [2.24, 2.45) is 9.98 Å². The minimum atomic E-state index is -0.128. The minimum Gasteiger partial charge on any atom is -0.481 e. The first-order valence-electron chi connectivity index (χ1n) is 13.7. The van der Waals surface area contributed by atoms with Gasteiger partial charge >= 0.3 is 0 Å². The van der Waals surface area contributed by atoms with Crippen LogP contribution >= 0.6 is 0 Å². The van der Waals surface area contributed by atoms with Gasteiger partial charge in [-0.3, -0.25) is 4.79 Å². The third-order valence-electron chi connectivity index (χ3n) is 7.97. The highest BCUT2D eigenvalue weighted by molar-refractivity contribution is 6.30. The monoisotopic (exact) mass is 512 g/mol. The Morgan fingerprint density at radius 3 is 2.00 bits per heavy atom. The average Bonchev–Trinajstić information content (AvgIpc) is 3.56. The second-order valence-electron chi connectivity index (χ2n) is 9.97. The van der Waals surface area contributed by atoms with E-state index in [0.29, 0.717) is 5.90 Å². The van der Waals surface area contributed by atoms with Crippen molar-refractivity contribution in [3.05, 3.63) is 72.3 Å². The second-order valence-corrected chi connectivity index (χ2v) is 9.97. The Kier molecular flexibility index (Phi) is 7.91. The summed E-state index contributed by atoms with van der Waals surface area (Å²) in [6.45, 7) is 16.8. The summed E-state index contributed by atoms with van der Waals surface area (Å²) in [5.74, 6) is 0.569. The molecule has 1 amide bonds. The van der Waals surface area contributed by atoms with E-state index in [1.807, 2.05) is 13.0 Å². The number of nitrogens with one attached hydrogen (secondary N) is 2. The molecule has 2 aliphatic heterocycles. The molecule has 4 rings (SSSR count). The zero-order chi connectivity index (χ0) is 27.7. The molecule has 0 radical (unpaired) electrons. The van der Waals surface area contributed by atoms with E-state index in [2.05, 4.69) is 75.6 Å². The fraction of sp³-hybridized carbons (Fsp3) is 0.406. The molecule has 2 aromatic heterocycles. The normalized spacial score (nSPS) is 18.0. The fourth-order valence-corrected chi connectivity index (χ4v) is 5.72. The maximum atomic E-state index is 12.2. The first-order chi connectivity index (χ1) is 18.2. The largest absolute Gasteiger partial charge is 0.481 e. The van der Waals surface area contributed by atoms with Gasteiger partial charge in [-0.15, -0.1) is 0 Å². The van der Waals surface area contributed by atoms with Crippen LogP contribution in [0, 0.1) is 13.8 Å². The van der Waals surface area contributed by atoms with E-state index >= 15 is 0 Å². The number of aliphatic imine (C=N–C) groups is 2. The molecule has 2 aliphatic rings. The first-order valence-corrected chi connectivity index (χ1v) is 13.7. The number of methoxy groups -OCH3 is 1. The molecule has 0 saturated carbocycles. The van der Waals surface area contributed by atoms with Crippen LogP contribution in [0.5, 0.6) is 0 Å². The first kappa shape index (κ1) is 27.4. The van der Waals surface area contributed by atoms with Crippen molar-refractivity contribution < 1.29 is 9.53 Å². The van der Waals surface area contributed by atoms with E-state index in [9.17, 15) is 4.79 Å². The van der Waals surface area contributed by atoms with E-state index in [4.69, 9.17) is 9.73 Å². The van der Waals surface area contributed by atoms with Crippen LogP contribution in [0.25, 0.3) is 18.2 Å². The summed E-state index contributed by atoms with van der Waals surface area (Å²) in [4.78, 5) is 28.6. The molecule has 2 N–H and O–H groups in total. The van der Waals surface area contributed by atoms with Crippen molar-refractivity contribution in [1.29, 1.82) is 0 Å². The van der Waals surface area contributed by atoms with Crippen LogP contribution in [0.1, 0.15) is 88.0 Å². The number of aromatic amines is 2. The van der Waals surface area contributed by atoms with Crippen LogP contribution in [-0.2, 0) is 22.4 Å². The molecular formula is C32H40N4O2. The highest BCUT2D eigenvalue weighted by Crippen LogP contribution is 2.31. The lowest BCUT2D eigenvalue weighted by molar-refractivity contribution is -0.114. The molecule has 0 fully saturated rings. The van der Waals surface area contributed by atoms with Crippen molar-refractivity contribution in [2.75, 3.05) is 7.11 Å². The fourth-order valence-electron chi connectivity index (χ4n) is 5.72. The Hall–Kier alpha value is -3.67. The molecule has 6 nitrogen and oxygen atoms in total. The molecule has 200 valence electrons. The Balaban J connectivity index is 1.84. The average molecular weight is 513 g/mol. The van der Waals surface area contributed by atoms with Gasteiger partial charge in [-0.05, 0) is 105 Å². The summed E-state index contributed by atoms with van der Waals surface area (Å²) in [5.41, 5.74) is 13.0. The Morgan fingerprint density at radius 2 is 1.39 bits per heavy atom. The van der Waals surface area contributed by atoms with Gasteiger partial charge in [0.1, 0.15) is 0 Å². The molecule has 0 atom stereocenters. The summed E-state index contributed by atoms with van der Waals surface area (Å²) in [5, 5.41) is 2.09. The molecule has 0 spiro atoms. The van der Waals surface area contributed by atoms with E-state index in [-0.39, 0.29) is 5.91 Å². The maximum Gasteiger partial charge on any atom is 0.273 e. The lowest BCUT2D eigenvalue weighted by Gasteiger charge is -2.02. The lowest BCUT2D eigenvalue weighted by atomic mass is 10.0. The topological polar surface area (TPSA) is 82.6 Å². The van der Waals surface area contributed by atoms with Gasteiger partial charge in [-0.1, -0.05) is 27.7 Å². The van der Waals surface area contributed by atoms with Crippen LogP contribution in [0.2, 0.25) is 0 Å². The summed E-state index contributed by atoms with van der Waals surface area (Å²) < 4.78 is 5.49. The maximum absolute atomic E-state index is 12.2. The number of amides is 1. The zero-order valence-electron chi connectivity index (χ0n) is 24.3. The number of hydrogen-bond acceptors (Lipinski definition) is 3. The van der Waals surface area contributed by atoms with Gasteiger partial charge in [0, 0.05) is 33.2 Å². The summed E-state index contributed by atoms with van der Waals surface area (Å²) in [7, 11) is 1.67. The van der Waals surface area contributed by atoms with Crippen LogP contribution in [0.4, 0.5) is 0 Å². The Bertz CT molecular complexity index is 1580. The molecule has 0 saturated heterocycles. The molecule has 0 aliphatic carbocycles. The Morgan fingerprint density at radius 1 is 0.711 bits per heavy atom. The summed E-state index contributed by atoms with van der Waals surface area (Å²) >= 11 is 0. The van der Waals surface area contributed by atoms with Crippen molar-refractivity contribution in [1.82, 2.24) is 9.97 Å². The molecule has 4 heterocycles. The molecular weight excluding hydrogens is 472 g/mol. The van der Waals surface area contributed by atoms with E-state index in [1.165, 1.54) is 27.8 Å². The van der Waals surface area contributed by atoms with Crippen LogP contribution < -0.4 is 10.7 Å². The highest BCUT2D eigenvalue weighted by atomic mass is 16.5. The van der Waals surface area contributed by atoms with Crippen molar-refractivity contribution in [3.8, 4) is 0 Å². The number of hydrogen-bond donors (Lipinski definition) is 2. The SMILES string of the molecule is CCC1=C(C)C(=O)N=C1/C=c1/[nH]/c(=C/c2[nH]c(/C=C3\N=C(OC)C(C)=C3CC)c(C)c2CC)c(CC)c1C. The predicted octanol–water partition coefficient (Wildman–Crippen LogP) is 5.53. The number of carbonyl (C=O) groups excluding carboxylic acids is 1. The van der Waals surface area contributed by atoms with E-state index < -0.39 is 0 Å². The van der Waals surface area contributed by atoms with Gasteiger partial charge in [0.15, 0.2) is 0 Å². The molecule has 38 heavy (non-hydrogen) atoms. The summed E-state index contributed by atoms with van der Waals surface area (Å²) in [6.07, 6.45) is 9.91. The minimum absolute atomic E-state index is 0.128. The standard InChI is InChI=1S/C32H40N4O2/c1-10-21-17(5)25(14-29-23(12-3)19(7)31(37)35-29)33-27(21)16-28-22(11-2)18(6)26(34-28)15-30-24(13-4)20(8)32(36-30)38-9/h14-16,33-34H,10-13H2,1-9H3/b25-14+,27-16+,30-15-. The van der Waals surface area contributed by atoms with Gasteiger partial charge in [0.2, 0.25) is 5.90 Å². The second kappa shape index (κ2) is 11.0. The summed E-state index contributed by atoms with van der Waals surface area (Å²) in [6, 6.07) is 0. The lowest BCUT2D eigenvalue weighted by Crippen LogP contribution is -2.14. The van der Waals surface area contributed by atoms with Gasteiger partial charge in [0.05, 0.1) is 18.5 Å². The van der Waals surface area contributed by atoms with Gasteiger partial charge < -0.3 is 14.7 Å². The number of aromatic nitrogens is 2. The zero-order valence-corrected chi connectivity index (χ0v) is 24.3. The third kappa shape index (κ3) is 4.68. The van der Waals surface area contributed by atoms with Crippen LogP contribution in [0.3, 0.4) is 0 Å². The molecule has 2 aromatic rings. The smallest absolute Gasteiger partial charge is 0.273 e. The predicted molar refractivity (Wildman–Crippen MR) is 158 cm³/mol. The number of carbonyl (C=O) groups is 1. The van der Waals surface area contributed by atoms with Crippen molar-refractivity contribution >= 4 is 35.7 Å². The van der Waals surface area contributed by atoms with Crippen LogP contribution in [0.15, 0.2) is 38.0 Å². The molecule has 0 bridgehead atoms. The molecule has 6 heteroatoms. The number of rotatable bonds is 7. The third-order valence-corrected chi connectivity index (χ3v) is 7.97.